The molecule has 2 rings (SSSR count). The number of rotatable bonds is 2. The molecule has 0 bridgehead atoms. The van der Waals surface area contributed by atoms with Gasteiger partial charge in [0.1, 0.15) is 11.4 Å². The van der Waals surface area contributed by atoms with Crippen LogP contribution >= 0.6 is 0 Å². The first-order valence-electron chi connectivity index (χ1n) is 7.03. The largest absolute Gasteiger partial charge is 0.338 e. The zero-order chi connectivity index (χ0) is 15.6. The number of nitro groups is 1. The molecule has 114 valence electrons. The lowest BCUT2D eigenvalue weighted by atomic mass is 9.85. The Morgan fingerprint density at radius 2 is 2.05 bits per heavy atom. The topological polar surface area (TPSA) is 63.5 Å². The normalized spacial score (nSPS) is 18.1. The van der Waals surface area contributed by atoms with E-state index in [1.54, 1.807) is 4.90 Å². The van der Waals surface area contributed by atoms with Crippen LogP contribution < -0.4 is 0 Å². The predicted molar refractivity (Wildman–Crippen MR) is 76.6 cm³/mol. The third-order valence-electron chi connectivity index (χ3n) is 4.01. The zero-order valence-corrected chi connectivity index (χ0v) is 12.3. The number of hydrogen-bond donors (Lipinski definition) is 0. The molecule has 0 unspecified atom stereocenters. The molecule has 0 atom stereocenters. The van der Waals surface area contributed by atoms with E-state index in [2.05, 4.69) is 13.8 Å². The van der Waals surface area contributed by atoms with Crippen LogP contribution in [0.15, 0.2) is 18.2 Å². The van der Waals surface area contributed by atoms with Crippen LogP contribution in [0, 0.1) is 21.3 Å². The van der Waals surface area contributed by atoms with Crippen LogP contribution in [0.3, 0.4) is 0 Å². The number of benzene rings is 1. The maximum atomic E-state index is 13.3. The maximum Gasteiger partial charge on any atom is 0.282 e. The van der Waals surface area contributed by atoms with Gasteiger partial charge in [0.15, 0.2) is 0 Å². The lowest BCUT2D eigenvalue weighted by Crippen LogP contribution is -2.32. The van der Waals surface area contributed by atoms with Crippen molar-refractivity contribution in [3.63, 3.8) is 0 Å². The number of likely N-dealkylation sites (tertiary alicyclic amines) is 1. The highest BCUT2D eigenvalue weighted by Gasteiger charge is 2.29. The maximum absolute atomic E-state index is 13.3. The molecular formula is C15H19FN2O3. The van der Waals surface area contributed by atoms with Crippen molar-refractivity contribution in [1.29, 1.82) is 0 Å². The Hall–Kier alpha value is -1.98. The Labute approximate surface area is 122 Å². The number of hydrogen-bond acceptors (Lipinski definition) is 3. The Morgan fingerprint density at radius 1 is 1.33 bits per heavy atom. The van der Waals surface area contributed by atoms with E-state index in [4.69, 9.17) is 0 Å². The average Bonchev–Trinajstić information content (AvgIpc) is 2.58. The highest BCUT2D eigenvalue weighted by Crippen LogP contribution is 2.31. The van der Waals surface area contributed by atoms with Gasteiger partial charge in [-0.2, -0.15) is 0 Å². The molecule has 0 aliphatic carbocycles. The molecule has 1 aliphatic heterocycles. The second-order valence-electron chi connectivity index (χ2n) is 6.23. The summed E-state index contributed by atoms with van der Waals surface area (Å²) < 4.78 is 13.3. The highest BCUT2D eigenvalue weighted by molar-refractivity contribution is 5.98. The quantitative estimate of drug-likeness (QED) is 0.620. The van der Waals surface area contributed by atoms with E-state index in [9.17, 15) is 19.3 Å². The van der Waals surface area contributed by atoms with Crippen LogP contribution in [-0.4, -0.2) is 28.8 Å². The van der Waals surface area contributed by atoms with Crippen LogP contribution in [0.1, 0.15) is 43.5 Å². The number of carbonyl (C=O) groups is 1. The van der Waals surface area contributed by atoms with Gasteiger partial charge in [-0.1, -0.05) is 13.8 Å². The van der Waals surface area contributed by atoms with Gasteiger partial charge in [-0.15, -0.1) is 0 Å². The van der Waals surface area contributed by atoms with E-state index in [0.717, 1.165) is 37.5 Å². The van der Waals surface area contributed by atoms with Crippen molar-refractivity contribution in [1.82, 2.24) is 4.90 Å². The van der Waals surface area contributed by atoms with E-state index in [1.165, 1.54) is 0 Å². The van der Waals surface area contributed by atoms with Crippen molar-refractivity contribution in [2.24, 2.45) is 5.41 Å². The van der Waals surface area contributed by atoms with Crippen molar-refractivity contribution in [2.45, 2.75) is 33.1 Å². The molecule has 5 nitrogen and oxygen atoms in total. The van der Waals surface area contributed by atoms with Crippen LogP contribution in [0.25, 0.3) is 0 Å². The minimum Gasteiger partial charge on any atom is -0.338 e. The van der Waals surface area contributed by atoms with E-state index in [-0.39, 0.29) is 16.7 Å². The summed E-state index contributed by atoms with van der Waals surface area (Å²) in [5.41, 5.74) is -0.354. The monoisotopic (exact) mass is 294 g/mol. The van der Waals surface area contributed by atoms with Crippen molar-refractivity contribution in [3.8, 4) is 0 Å². The summed E-state index contributed by atoms with van der Waals surface area (Å²) in [7, 11) is 0. The van der Waals surface area contributed by atoms with Crippen LogP contribution in [0.4, 0.5) is 10.1 Å². The summed E-state index contributed by atoms with van der Waals surface area (Å²) in [5, 5.41) is 11.0. The smallest absolute Gasteiger partial charge is 0.282 e. The first kappa shape index (κ1) is 15.4. The SMILES string of the molecule is CC1(C)CCCN(C(=O)c2cc(F)ccc2[N+](=O)[O-])CC1. The fraction of sp³-hybridized carbons (Fsp3) is 0.533. The van der Waals surface area contributed by atoms with Crippen molar-refractivity contribution >= 4 is 11.6 Å². The van der Waals surface area contributed by atoms with E-state index in [1.807, 2.05) is 0 Å². The highest BCUT2D eigenvalue weighted by atomic mass is 19.1. The summed E-state index contributed by atoms with van der Waals surface area (Å²) in [5.74, 6) is -1.10. The van der Waals surface area contributed by atoms with Gasteiger partial charge in [-0.3, -0.25) is 14.9 Å². The zero-order valence-electron chi connectivity index (χ0n) is 12.3. The molecule has 1 aromatic carbocycles. The van der Waals surface area contributed by atoms with Gasteiger partial charge in [0.25, 0.3) is 11.6 Å². The first-order valence-corrected chi connectivity index (χ1v) is 7.03. The summed E-state index contributed by atoms with van der Waals surface area (Å²) in [6.07, 6.45) is 2.69. The summed E-state index contributed by atoms with van der Waals surface area (Å²) >= 11 is 0. The third-order valence-corrected chi connectivity index (χ3v) is 4.01. The number of nitro benzene ring substituents is 1. The van der Waals surface area contributed by atoms with Crippen LogP contribution in [0.2, 0.25) is 0 Å². The molecule has 6 heteroatoms. The van der Waals surface area contributed by atoms with Crippen LogP contribution in [-0.2, 0) is 0 Å². The second kappa shape index (κ2) is 5.79. The molecule has 1 aromatic rings. The second-order valence-corrected chi connectivity index (χ2v) is 6.23. The lowest BCUT2D eigenvalue weighted by Gasteiger charge is -2.23. The fourth-order valence-electron chi connectivity index (χ4n) is 2.64. The molecule has 0 saturated carbocycles. The van der Waals surface area contributed by atoms with Gasteiger partial charge >= 0.3 is 0 Å². The Morgan fingerprint density at radius 3 is 2.71 bits per heavy atom. The Balaban J connectivity index is 2.27. The molecule has 0 N–H and O–H groups in total. The van der Waals surface area contributed by atoms with Gasteiger partial charge in [0.05, 0.1) is 4.92 Å². The van der Waals surface area contributed by atoms with Gasteiger partial charge in [-0.25, -0.2) is 4.39 Å². The molecule has 1 aliphatic rings. The third kappa shape index (κ3) is 3.56. The van der Waals surface area contributed by atoms with Crippen molar-refractivity contribution in [3.05, 3.63) is 39.7 Å². The Bertz CT molecular complexity index is 572. The predicted octanol–water partition coefficient (Wildman–Crippen LogP) is 3.39. The summed E-state index contributed by atoms with van der Waals surface area (Å²) in [6, 6.07) is 3.00. The molecule has 0 spiro atoms. The minimum absolute atomic E-state index is 0.156. The number of halogens is 1. The molecule has 1 fully saturated rings. The van der Waals surface area contributed by atoms with Crippen molar-refractivity contribution in [2.75, 3.05) is 13.1 Å². The summed E-state index contributed by atoms with van der Waals surface area (Å²) in [4.78, 5) is 24.4. The number of nitrogens with zero attached hydrogens (tertiary/aromatic N) is 2. The minimum atomic E-state index is -0.644. The van der Waals surface area contributed by atoms with Gasteiger partial charge in [0.2, 0.25) is 0 Å². The van der Waals surface area contributed by atoms with Gasteiger partial charge < -0.3 is 4.90 Å². The van der Waals surface area contributed by atoms with Gasteiger partial charge in [-0.05, 0) is 36.8 Å². The van der Waals surface area contributed by atoms with E-state index < -0.39 is 16.6 Å². The molecule has 0 aromatic heterocycles. The standard InChI is InChI=1S/C15H19FN2O3/c1-15(2)6-3-8-17(9-7-15)14(19)12-10-11(16)4-5-13(12)18(20)21/h4-5,10H,3,6-9H2,1-2H3. The molecule has 1 heterocycles. The Kier molecular flexibility index (Phi) is 4.25. The first-order chi connectivity index (χ1) is 9.80. The molecule has 1 amide bonds. The van der Waals surface area contributed by atoms with Crippen molar-refractivity contribution < 1.29 is 14.1 Å². The average molecular weight is 294 g/mol. The number of carbonyl (C=O) groups excluding carboxylic acids is 1. The fourth-order valence-corrected chi connectivity index (χ4v) is 2.64. The lowest BCUT2D eigenvalue weighted by molar-refractivity contribution is -0.385. The summed E-state index contributed by atoms with van der Waals surface area (Å²) in [6.45, 7) is 5.38. The number of amides is 1. The van der Waals surface area contributed by atoms with Gasteiger partial charge in [0, 0.05) is 19.2 Å². The molecule has 0 radical (unpaired) electrons. The molecule has 1 saturated heterocycles. The van der Waals surface area contributed by atoms with E-state index in [0.29, 0.717) is 13.1 Å². The van der Waals surface area contributed by atoms with E-state index >= 15 is 0 Å². The van der Waals surface area contributed by atoms with Crippen LogP contribution in [0.5, 0.6) is 0 Å². The molecule has 21 heavy (non-hydrogen) atoms. The molecular weight excluding hydrogens is 275 g/mol.